The summed E-state index contributed by atoms with van der Waals surface area (Å²) in [5, 5.41) is 15.3. The highest BCUT2D eigenvalue weighted by atomic mass is 35.5. The van der Waals surface area contributed by atoms with Gasteiger partial charge in [-0.15, -0.1) is 0 Å². The summed E-state index contributed by atoms with van der Waals surface area (Å²) in [4.78, 5) is 59.3. The van der Waals surface area contributed by atoms with Crippen LogP contribution in [0.3, 0.4) is 0 Å². The van der Waals surface area contributed by atoms with E-state index in [1.165, 1.54) is 24.3 Å². The van der Waals surface area contributed by atoms with Crippen molar-refractivity contribution in [3.63, 3.8) is 0 Å². The maximum Gasteiger partial charge on any atom is 0.340 e. The smallest absolute Gasteiger partial charge is 0.340 e. The van der Waals surface area contributed by atoms with Gasteiger partial charge < -0.3 is 10.1 Å². The Hall–Kier alpha value is -4.57. The van der Waals surface area contributed by atoms with Crippen LogP contribution in [0.4, 0.5) is 11.4 Å². The van der Waals surface area contributed by atoms with Gasteiger partial charge in [-0.1, -0.05) is 54.1 Å². The quantitative estimate of drug-likeness (QED) is 0.276. The van der Waals surface area contributed by atoms with Crippen LogP contribution in [0.1, 0.15) is 26.3 Å². The number of rotatable bonds is 8. The Balaban J connectivity index is 1.60. The van der Waals surface area contributed by atoms with Crippen molar-refractivity contribution in [1.29, 1.82) is 0 Å². The number of nitrogens with zero attached hydrogens (tertiary/aromatic N) is 1. The zero-order chi connectivity index (χ0) is 25.4. The third kappa shape index (κ3) is 6.95. The maximum absolute atomic E-state index is 12.6. The van der Waals surface area contributed by atoms with Gasteiger partial charge in [0.05, 0.1) is 33.2 Å². The predicted octanol–water partition coefficient (Wildman–Crippen LogP) is 3.54. The summed E-state index contributed by atoms with van der Waals surface area (Å²) in [5.41, 5.74) is 0.403. The molecule has 3 rings (SSSR count). The molecule has 35 heavy (non-hydrogen) atoms. The number of hydrogen-bond donors (Lipinski definition) is 2. The van der Waals surface area contributed by atoms with Crippen LogP contribution < -0.4 is 10.6 Å². The number of esters is 1. The molecule has 0 aromatic heterocycles. The van der Waals surface area contributed by atoms with E-state index in [0.29, 0.717) is 5.56 Å². The number of amides is 3. The summed E-state index contributed by atoms with van der Waals surface area (Å²) in [5.74, 6) is -2.99. The summed E-state index contributed by atoms with van der Waals surface area (Å²) in [6.07, 6.45) is -0.0133. The van der Waals surface area contributed by atoms with Crippen molar-refractivity contribution in [2.45, 2.75) is 6.42 Å². The average molecular weight is 496 g/mol. The Morgan fingerprint density at radius 3 is 2.26 bits per heavy atom. The zero-order valence-corrected chi connectivity index (χ0v) is 18.8. The molecule has 0 spiro atoms. The SMILES string of the molecule is O=C(COC(=O)c1ccccc1NC(=O)c1ccc([N+](=O)[O-])cc1Cl)NC(=O)Cc1ccccc1. The van der Waals surface area contributed by atoms with Gasteiger partial charge in [0.1, 0.15) is 0 Å². The second-order valence-corrected chi connectivity index (χ2v) is 7.54. The molecule has 0 aliphatic carbocycles. The molecule has 0 bridgehead atoms. The molecule has 0 atom stereocenters. The van der Waals surface area contributed by atoms with Crippen molar-refractivity contribution in [2.24, 2.45) is 0 Å². The Morgan fingerprint density at radius 2 is 1.57 bits per heavy atom. The van der Waals surface area contributed by atoms with Gasteiger partial charge in [-0.05, 0) is 23.8 Å². The molecule has 11 heteroatoms. The second-order valence-electron chi connectivity index (χ2n) is 7.13. The number of anilines is 1. The van der Waals surface area contributed by atoms with Crippen LogP contribution in [0.15, 0.2) is 72.8 Å². The van der Waals surface area contributed by atoms with Gasteiger partial charge in [0.25, 0.3) is 17.5 Å². The monoisotopic (exact) mass is 495 g/mol. The minimum absolute atomic E-state index is 0.0133. The highest BCUT2D eigenvalue weighted by Gasteiger charge is 2.19. The van der Waals surface area contributed by atoms with Crippen LogP contribution in [0.2, 0.25) is 5.02 Å². The fourth-order valence-corrected chi connectivity index (χ4v) is 3.25. The number of benzene rings is 3. The van der Waals surface area contributed by atoms with Crippen molar-refractivity contribution < 1.29 is 28.8 Å². The van der Waals surface area contributed by atoms with E-state index >= 15 is 0 Å². The van der Waals surface area contributed by atoms with E-state index in [4.69, 9.17) is 16.3 Å². The molecule has 0 saturated heterocycles. The fourth-order valence-electron chi connectivity index (χ4n) is 2.99. The minimum atomic E-state index is -0.915. The first-order chi connectivity index (χ1) is 16.7. The normalized spacial score (nSPS) is 10.2. The molecule has 10 nitrogen and oxygen atoms in total. The highest BCUT2D eigenvalue weighted by Crippen LogP contribution is 2.24. The van der Waals surface area contributed by atoms with E-state index in [2.05, 4.69) is 10.6 Å². The molecule has 0 unspecified atom stereocenters. The summed E-state index contributed by atoms with van der Waals surface area (Å²) in [6, 6.07) is 18.0. The first kappa shape index (κ1) is 25.1. The number of ether oxygens (including phenoxy) is 1. The van der Waals surface area contributed by atoms with Gasteiger partial charge in [-0.3, -0.25) is 29.8 Å². The Labute approximate surface area is 204 Å². The number of carbonyl (C=O) groups is 4. The number of hydrogen-bond acceptors (Lipinski definition) is 7. The van der Waals surface area contributed by atoms with Gasteiger partial charge in [0.2, 0.25) is 5.91 Å². The molecule has 0 heterocycles. The molecule has 3 aromatic carbocycles. The van der Waals surface area contributed by atoms with E-state index in [-0.39, 0.29) is 33.9 Å². The topological polar surface area (TPSA) is 145 Å². The van der Waals surface area contributed by atoms with Crippen molar-refractivity contribution in [2.75, 3.05) is 11.9 Å². The molecule has 2 N–H and O–H groups in total. The van der Waals surface area contributed by atoms with Crippen LogP contribution in [-0.2, 0) is 20.7 Å². The molecule has 178 valence electrons. The maximum atomic E-state index is 12.6. The third-order valence-electron chi connectivity index (χ3n) is 4.62. The van der Waals surface area contributed by atoms with Crippen LogP contribution in [0.5, 0.6) is 0 Å². The molecule has 0 aliphatic heterocycles. The van der Waals surface area contributed by atoms with Crippen LogP contribution >= 0.6 is 11.6 Å². The number of nitro groups is 1. The highest BCUT2D eigenvalue weighted by molar-refractivity contribution is 6.34. The summed E-state index contributed by atoms with van der Waals surface area (Å²) >= 11 is 5.99. The van der Waals surface area contributed by atoms with Gasteiger partial charge >= 0.3 is 5.97 Å². The van der Waals surface area contributed by atoms with Gasteiger partial charge in [0.15, 0.2) is 6.61 Å². The molecule has 3 aromatic rings. The lowest BCUT2D eigenvalue weighted by atomic mass is 10.1. The van der Waals surface area contributed by atoms with E-state index in [0.717, 1.165) is 12.1 Å². The molecule has 0 radical (unpaired) electrons. The van der Waals surface area contributed by atoms with Crippen molar-refractivity contribution in [3.8, 4) is 0 Å². The number of non-ortho nitro benzene ring substituents is 1. The van der Waals surface area contributed by atoms with Gasteiger partial charge in [0, 0.05) is 12.1 Å². The summed E-state index contributed by atoms with van der Waals surface area (Å²) in [7, 11) is 0. The molecular weight excluding hydrogens is 478 g/mol. The lowest BCUT2D eigenvalue weighted by Crippen LogP contribution is -2.35. The molecule has 0 aliphatic rings. The standard InChI is InChI=1S/C24H18ClN3O7/c25-19-13-16(28(33)34)10-11-17(19)23(31)26-20-9-5-4-8-18(20)24(32)35-14-22(30)27-21(29)12-15-6-2-1-3-7-15/h1-11,13H,12,14H2,(H,26,31)(H,27,29,30). The van der Waals surface area contributed by atoms with Crippen molar-refractivity contribution in [3.05, 3.63) is 105 Å². The largest absolute Gasteiger partial charge is 0.452 e. The number of imide groups is 1. The Kier molecular flexibility index (Phi) is 8.25. The number of para-hydroxylation sites is 1. The predicted molar refractivity (Wildman–Crippen MR) is 126 cm³/mol. The lowest BCUT2D eigenvalue weighted by Gasteiger charge is -2.11. The first-order valence-corrected chi connectivity index (χ1v) is 10.5. The molecule has 0 saturated carbocycles. The molecule has 3 amide bonds. The molecule has 0 fully saturated rings. The van der Waals surface area contributed by atoms with E-state index in [1.807, 2.05) is 0 Å². The van der Waals surface area contributed by atoms with Crippen molar-refractivity contribution >= 4 is 46.7 Å². The number of nitro benzene ring substituents is 1. The fraction of sp³-hybridized carbons (Fsp3) is 0.0833. The number of halogens is 1. The lowest BCUT2D eigenvalue weighted by molar-refractivity contribution is -0.384. The van der Waals surface area contributed by atoms with E-state index < -0.39 is 35.2 Å². The van der Waals surface area contributed by atoms with E-state index in [9.17, 15) is 29.3 Å². The summed E-state index contributed by atoms with van der Waals surface area (Å²) in [6.45, 7) is -0.712. The second kappa shape index (κ2) is 11.5. The average Bonchev–Trinajstić information content (AvgIpc) is 2.83. The van der Waals surface area contributed by atoms with Crippen molar-refractivity contribution in [1.82, 2.24) is 5.32 Å². The number of nitrogens with one attached hydrogen (secondary N) is 2. The Bertz CT molecular complexity index is 1300. The van der Waals surface area contributed by atoms with Crippen LogP contribution in [-0.4, -0.2) is 35.2 Å². The van der Waals surface area contributed by atoms with Gasteiger partial charge in [-0.2, -0.15) is 0 Å². The summed E-state index contributed by atoms with van der Waals surface area (Å²) < 4.78 is 4.98. The van der Waals surface area contributed by atoms with Crippen LogP contribution in [0, 0.1) is 10.1 Å². The number of carbonyl (C=O) groups excluding carboxylic acids is 4. The zero-order valence-electron chi connectivity index (χ0n) is 18.0. The molecular formula is C24H18ClN3O7. The first-order valence-electron chi connectivity index (χ1n) is 10.1. The minimum Gasteiger partial charge on any atom is -0.452 e. The van der Waals surface area contributed by atoms with Crippen LogP contribution in [0.25, 0.3) is 0 Å². The van der Waals surface area contributed by atoms with E-state index in [1.54, 1.807) is 36.4 Å². The third-order valence-corrected chi connectivity index (χ3v) is 4.94. The van der Waals surface area contributed by atoms with Gasteiger partial charge in [-0.25, -0.2) is 4.79 Å². The Morgan fingerprint density at radius 1 is 0.886 bits per heavy atom.